The number of aromatic hydroxyl groups is 1. The molecule has 0 saturated heterocycles. The van der Waals surface area contributed by atoms with Crippen molar-refractivity contribution in [2.45, 2.75) is 20.8 Å². The fraction of sp³-hybridized carbons (Fsp3) is 0.147. The third-order valence-corrected chi connectivity index (χ3v) is 15.1. The SMILES string of the molecule is CNc1ccc2c(OC)cccc2c1.CNc1cccc(OC)c1.COc1cccc2cc(N(C)c3nc(C)nc(N)c3Cl)ccc12.COc1cccc2cc(N)ccc12.Cc1nc(N)c(Cl)c(Cl)n1.Cc1nc(N)c(Cl)c(Cl)n1.Nc1ccc2c(O)cccc2c1. The van der Waals surface area contributed by atoms with Crippen LogP contribution >= 0.6 is 58.0 Å². The van der Waals surface area contributed by atoms with Gasteiger partial charge in [0.2, 0.25) is 0 Å². The molecule has 3 aromatic heterocycles. The molecule has 478 valence electrons. The number of halogens is 5. The topological polar surface area (TPSA) is 292 Å². The number of hydrogen-bond acceptors (Lipinski definition) is 19. The molecule has 0 saturated carbocycles. The monoisotopic (exact) mass is 1340 g/mol. The maximum Gasteiger partial charge on any atom is 0.157 e. The smallest absolute Gasteiger partial charge is 0.157 e. The van der Waals surface area contributed by atoms with E-state index in [0.29, 0.717) is 39.8 Å². The lowest BCUT2D eigenvalue weighted by molar-refractivity contribution is 0.415. The number of nitrogens with zero attached hydrogens (tertiary/aromatic N) is 7. The summed E-state index contributed by atoms with van der Waals surface area (Å²) in [7, 11) is 12.4. The molecule has 0 radical (unpaired) electrons. The Bertz CT molecular complexity index is 4340. The number of anilines is 9. The van der Waals surface area contributed by atoms with Crippen molar-refractivity contribution in [3.8, 4) is 28.7 Å². The van der Waals surface area contributed by atoms with Crippen molar-refractivity contribution in [3.05, 3.63) is 213 Å². The van der Waals surface area contributed by atoms with Crippen LogP contribution in [0, 0.1) is 20.8 Å². The molecule has 0 aliphatic rings. The van der Waals surface area contributed by atoms with Gasteiger partial charge < -0.3 is 68.3 Å². The van der Waals surface area contributed by atoms with Gasteiger partial charge in [-0.2, -0.15) is 0 Å². The maximum absolute atomic E-state index is 9.42. The normalized spacial score (nSPS) is 10.2. The number of aromatic nitrogens is 6. The van der Waals surface area contributed by atoms with Crippen LogP contribution in [0.3, 0.4) is 0 Å². The molecule has 0 aliphatic carbocycles. The summed E-state index contributed by atoms with van der Waals surface area (Å²) in [6.45, 7) is 5.17. The van der Waals surface area contributed by atoms with Gasteiger partial charge in [0.1, 0.15) is 78.7 Å². The number of fused-ring (bicyclic) bond motifs is 4. The summed E-state index contributed by atoms with van der Waals surface area (Å²) in [5, 5.41) is 25.2. The number of nitrogens with two attached hydrogens (primary N) is 5. The van der Waals surface area contributed by atoms with E-state index in [1.165, 1.54) is 5.39 Å². The highest BCUT2D eigenvalue weighted by Gasteiger charge is 2.16. The highest BCUT2D eigenvalue weighted by Crippen LogP contribution is 2.36. The van der Waals surface area contributed by atoms with Crippen LogP contribution in [0.5, 0.6) is 28.7 Å². The lowest BCUT2D eigenvalue weighted by Crippen LogP contribution is -2.14. The predicted molar refractivity (Wildman–Crippen MR) is 385 cm³/mol. The minimum atomic E-state index is 0.201. The van der Waals surface area contributed by atoms with Gasteiger partial charge in [0.25, 0.3) is 0 Å². The van der Waals surface area contributed by atoms with E-state index in [9.17, 15) is 5.11 Å². The lowest BCUT2D eigenvalue weighted by atomic mass is 10.1. The molecule has 9 aromatic carbocycles. The van der Waals surface area contributed by atoms with Gasteiger partial charge in [0.05, 0.1) is 28.4 Å². The quantitative estimate of drug-likeness (QED) is 0.0518. The van der Waals surface area contributed by atoms with E-state index in [1.807, 2.05) is 153 Å². The summed E-state index contributed by atoms with van der Waals surface area (Å²) in [5.74, 6) is 6.76. The predicted octanol–water partition coefficient (Wildman–Crippen LogP) is 16.5. The fourth-order valence-electron chi connectivity index (χ4n) is 8.73. The summed E-state index contributed by atoms with van der Waals surface area (Å²) in [6.07, 6.45) is 0. The van der Waals surface area contributed by atoms with Crippen molar-refractivity contribution in [1.29, 1.82) is 0 Å². The molecule has 12 aromatic rings. The van der Waals surface area contributed by atoms with Crippen LogP contribution in [0.2, 0.25) is 25.4 Å². The Morgan fingerprint density at radius 2 is 0.793 bits per heavy atom. The molecule has 0 amide bonds. The molecule has 0 aliphatic heterocycles. The van der Waals surface area contributed by atoms with Gasteiger partial charge in [-0.3, -0.25) is 0 Å². The average Bonchev–Trinajstić information content (AvgIpc) is 0.842. The van der Waals surface area contributed by atoms with E-state index in [-0.39, 0.29) is 37.8 Å². The second-order valence-electron chi connectivity index (χ2n) is 19.6. The van der Waals surface area contributed by atoms with Crippen molar-refractivity contribution in [1.82, 2.24) is 29.9 Å². The second kappa shape index (κ2) is 34.3. The maximum atomic E-state index is 9.42. The zero-order valence-electron chi connectivity index (χ0n) is 52.2. The number of methoxy groups -OCH3 is 4. The summed E-state index contributed by atoms with van der Waals surface area (Å²) in [4.78, 5) is 25.5. The zero-order chi connectivity index (χ0) is 67.2. The van der Waals surface area contributed by atoms with Crippen molar-refractivity contribution in [2.24, 2.45) is 0 Å². The number of hydrogen-bond donors (Lipinski definition) is 8. The lowest BCUT2D eigenvalue weighted by Gasteiger charge is -2.21. The van der Waals surface area contributed by atoms with Crippen LogP contribution in [-0.4, -0.2) is 84.6 Å². The number of rotatable bonds is 8. The standard InChI is InChI=1S/C17H17ClN4O.C12H13NO.C11H11NO.C10H9NO.C8H11NO.2C5H5Cl2N3/c1-10-20-16(19)15(18)17(21-10)22(2)12-7-8-13-11(9-12)5-4-6-14(13)23-3;1-13-10-6-7-11-9(8-10)4-3-5-12(11)14-2;1-13-11-4-2-3-8-7-9(12)5-6-10(8)11;11-8-4-5-9-7(6-8)2-1-3-10(9)12;1-9-7-4-3-5-8(6-7)10-2;2*1-2-9-4(7)3(6)5(8)10-2/h4-9H,1-3H3,(H2,19,20,21);3-8,13H,1-2H3;2-7H,12H2,1H3;1-6,12H,11H2;3-6,9H,1-2H3;2*1H3,(H2,8,9,10). The molecule has 0 bridgehead atoms. The van der Waals surface area contributed by atoms with Crippen molar-refractivity contribution in [3.63, 3.8) is 0 Å². The van der Waals surface area contributed by atoms with Crippen molar-refractivity contribution < 1.29 is 24.1 Å². The van der Waals surface area contributed by atoms with E-state index >= 15 is 0 Å². The van der Waals surface area contributed by atoms with Gasteiger partial charge in [-0.25, -0.2) is 29.9 Å². The first-order valence-corrected chi connectivity index (χ1v) is 29.8. The largest absolute Gasteiger partial charge is 0.507 e. The first-order chi connectivity index (χ1) is 44.0. The molecule has 0 atom stereocenters. The molecule has 92 heavy (non-hydrogen) atoms. The molecule has 0 fully saturated rings. The Morgan fingerprint density at radius 3 is 1.26 bits per heavy atom. The van der Waals surface area contributed by atoms with Gasteiger partial charge in [-0.1, -0.05) is 113 Å². The van der Waals surface area contributed by atoms with Gasteiger partial charge >= 0.3 is 0 Å². The van der Waals surface area contributed by atoms with E-state index in [0.717, 1.165) is 83.5 Å². The number of ether oxygens (including phenoxy) is 4. The zero-order valence-corrected chi connectivity index (χ0v) is 55.9. The van der Waals surface area contributed by atoms with Crippen molar-refractivity contribution >= 4 is 153 Å². The molecule has 13 N–H and O–H groups in total. The first kappa shape index (κ1) is 71.2. The van der Waals surface area contributed by atoms with Crippen LogP contribution in [-0.2, 0) is 0 Å². The van der Waals surface area contributed by atoms with Gasteiger partial charge in [0, 0.05) is 77.2 Å². The summed E-state index contributed by atoms with van der Waals surface area (Å²) < 4.78 is 20.9. The van der Waals surface area contributed by atoms with E-state index in [1.54, 1.807) is 67.4 Å². The fourth-order valence-corrected chi connectivity index (χ4v) is 9.55. The molecule has 0 unspecified atom stereocenters. The first-order valence-electron chi connectivity index (χ1n) is 27.9. The van der Waals surface area contributed by atoms with E-state index < -0.39 is 0 Å². The third kappa shape index (κ3) is 19.6. The molecule has 12 rings (SSSR count). The second-order valence-corrected chi connectivity index (χ2v) is 21.4. The summed E-state index contributed by atoms with van der Waals surface area (Å²) in [6, 6.07) is 54.6. The molecule has 3 heterocycles. The Morgan fingerprint density at radius 1 is 0.402 bits per heavy atom. The van der Waals surface area contributed by atoms with Crippen LogP contribution in [0.15, 0.2) is 170 Å². The summed E-state index contributed by atoms with van der Waals surface area (Å²) >= 11 is 28.5. The van der Waals surface area contributed by atoms with Gasteiger partial charge in [-0.05, 0) is 152 Å². The average molecular weight is 1340 g/mol. The molecular weight excluding hydrogens is 1270 g/mol. The number of benzene rings is 9. The third-order valence-electron chi connectivity index (χ3n) is 13.3. The Balaban J connectivity index is 0.000000175. The highest BCUT2D eigenvalue weighted by atomic mass is 35.5. The number of phenolic OH excluding ortho intramolecular Hbond substituents is 1. The minimum Gasteiger partial charge on any atom is -0.507 e. The van der Waals surface area contributed by atoms with Crippen molar-refractivity contribution in [2.75, 3.05) is 93.8 Å². The Labute approximate surface area is 559 Å². The highest BCUT2D eigenvalue weighted by molar-refractivity contribution is 6.43. The number of nitrogen functional groups attached to an aromatic ring is 5. The van der Waals surface area contributed by atoms with E-state index in [4.69, 9.17) is 106 Å². The van der Waals surface area contributed by atoms with Crippen LogP contribution in [0.1, 0.15) is 17.5 Å². The molecule has 0 spiro atoms. The van der Waals surface area contributed by atoms with Crippen LogP contribution in [0.25, 0.3) is 43.1 Å². The Kier molecular flexibility index (Phi) is 26.6. The van der Waals surface area contributed by atoms with Gasteiger partial charge in [-0.15, -0.1) is 0 Å². The molecular formula is C68H71Cl5N14O5. The summed E-state index contributed by atoms with van der Waals surface area (Å²) in [5.41, 5.74) is 32.4. The van der Waals surface area contributed by atoms with Crippen LogP contribution < -0.4 is 63.1 Å². The molecule has 19 nitrogen and oxygen atoms in total. The molecule has 24 heteroatoms. The number of nitrogens with one attached hydrogen (secondary N) is 2. The van der Waals surface area contributed by atoms with E-state index in [2.05, 4.69) is 64.8 Å². The van der Waals surface area contributed by atoms with Gasteiger partial charge in [0.15, 0.2) is 16.1 Å². The minimum absolute atomic E-state index is 0.201. The number of phenols is 1. The van der Waals surface area contributed by atoms with Crippen LogP contribution in [0.4, 0.5) is 51.7 Å². The Hall–Kier alpha value is -9.89. The number of aryl methyl sites for hydroxylation is 3.